The number of carbonyl (C=O) groups excluding carboxylic acids is 2. The molecule has 0 bridgehead atoms. The minimum atomic E-state index is -0.245. The number of hydrogen-bond acceptors (Lipinski definition) is 5. The van der Waals surface area contributed by atoms with Gasteiger partial charge >= 0.3 is 0 Å². The number of benzene rings is 1. The molecule has 0 saturated heterocycles. The highest BCUT2D eigenvalue weighted by molar-refractivity contribution is 8.00. The molecule has 1 aromatic heterocycles. The molecular weight excluding hydrogens is 424 g/mol. The Morgan fingerprint density at radius 1 is 1.31 bits per heavy atom. The van der Waals surface area contributed by atoms with E-state index < -0.39 is 0 Å². The van der Waals surface area contributed by atoms with Crippen LogP contribution in [0.2, 0.25) is 0 Å². The van der Waals surface area contributed by atoms with Crippen LogP contribution in [0.25, 0.3) is 0 Å². The third-order valence-electron chi connectivity index (χ3n) is 5.39. The van der Waals surface area contributed by atoms with Crippen LogP contribution in [0, 0.1) is 5.92 Å². The minimum Gasteiger partial charge on any atom is -0.496 e. The van der Waals surface area contributed by atoms with Crippen molar-refractivity contribution in [2.75, 3.05) is 30.9 Å². The van der Waals surface area contributed by atoms with Crippen LogP contribution in [0.15, 0.2) is 24.3 Å². The monoisotopic (exact) mass is 458 g/mol. The van der Waals surface area contributed by atoms with Gasteiger partial charge in [-0.3, -0.25) is 19.2 Å². The maximum atomic E-state index is 13.2. The van der Waals surface area contributed by atoms with Gasteiger partial charge in [-0.2, -0.15) is 5.10 Å². The predicted octanol–water partition coefficient (Wildman–Crippen LogP) is 3.67. The minimum absolute atomic E-state index is 0.0269. The highest BCUT2D eigenvalue weighted by Gasteiger charge is 2.39. The second-order valence-corrected chi connectivity index (χ2v) is 10.7. The Morgan fingerprint density at radius 3 is 2.62 bits per heavy atom. The van der Waals surface area contributed by atoms with Crippen LogP contribution in [0.4, 0.5) is 5.82 Å². The fraction of sp³-hybridized carbons (Fsp3) is 0.542. The summed E-state index contributed by atoms with van der Waals surface area (Å²) in [5.74, 6) is 1.78. The zero-order chi connectivity index (χ0) is 23.6. The average Bonchev–Trinajstić information content (AvgIpc) is 3.00. The molecule has 1 atom stereocenters. The van der Waals surface area contributed by atoms with E-state index >= 15 is 0 Å². The molecule has 2 heterocycles. The quantitative estimate of drug-likeness (QED) is 0.715. The van der Waals surface area contributed by atoms with E-state index in [1.807, 2.05) is 45.2 Å². The van der Waals surface area contributed by atoms with E-state index in [1.54, 1.807) is 28.5 Å². The van der Waals surface area contributed by atoms with Crippen LogP contribution >= 0.6 is 11.8 Å². The van der Waals surface area contributed by atoms with Gasteiger partial charge in [0.1, 0.15) is 18.1 Å². The summed E-state index contributed by atoms with van der Waals surface area (Å²) in [6.45, 7) is 11.0. The van der Waals surface area contributed by atoms with Gasteiger partial charge in [0.25, 0.3) is 0 Å². The maximum absolute atomic E-state index is 13.2. The van der Waals surface area contributed by atoms with E-state index in [0.717, 1.165) is 22.6 Å². The number of nitrogens with one attached hydrogen (secondary N) is 1. The van der Waals surface area contributed by atoms with E-state index in [1.165, 1.54) is 0 Å². The summed E-state index contributed by atoms with van der Waals surface area (Å²) in [6, 6.07) is 7.89. The molecule has 174 valence electrons. The lowest BCUT2D eigenvalue weighted by atomic mass is 9.87. The van der Waals surface area contributed by atoms with E-state index in [2.05, 4.69) is 26.1 Å². The molecule has 0 unspecified atom stereocenters. The van der Waals surface area contributed by atoms with E-state index in [-0.39, 0.29) is 34.8 Å². The van der Waals surface area contributed by atoms with Gasteiger partial charge in [0, 0.05) is 30.1 Å². The van der Waals surface area contributed by atoms with Gasteiger partial charge in [-0.15, -0.1) is 11.8 Å². The van der Waals surface area contributed by atoms with E-state index in [9.17, 15) is 9.59 Å². The molecule has 8 heteroatoms. The Morgan fingerprint density at radius 2 is 2.00 bits per heavy atom. The third kappa shape index (κ3) is 4.95. The molecule has 0 fully saturated rings. The van der Waals surface area contributed by atoms with Crippen molar-refractivity contribution < 1.29 is 14.3 Å². The van der Waals surface area contributed by atoms with E-state index in [0.29, 0.717) is 18.3 Å². The summed E-state index contributed by atoms with van der Waals surface area (Å²) in [7, 11) is 3.50. The molecule has 1 aliphatic rings. The van der Waals surface area contributed by atoms with Crippen molar-refractivity contribution in [2.45, 2.75) is 45.3 Å². The molecule has 0 radical (unpaired) electrons. The van der Waals surface area contributed by atoms with Crippen LogP contribution < -0.4 is 15.0 Å². The van der Waals surface area contributed by atoms with Gasteiger partial charge in [-0.25, -0.2) is 0 Å². The number of amides is 2. The van der Waals surface area contributed by atoms with Crippen molar-refractivity contribution in [3.05, 3.63) is 41.1 Å². The van der Waals surface area contributed by atoms with Crippen LogP contribution in [0.1, 0.15) is 56.7 Å². The molecule has 1 aromatic carbocycles. The largest absolute Gasteiger partial charge is 0.496 e. The number of aromatic nitrogens is 2. The highest BCUT2D eigenvalue weighted by atomic mass is 32.2. The molecule has 2 amide bonds. The Bertz CT molecular complexity index is 994. The van der Waals surface area contributed by atoms with Crippen LogP contribution in [0.3, 0.4) is 0 Å². The van der Waals surface area contributed by atoms with Crippen molar-refractivity contribution in [1.82, 2.24) is 15.1 Å². The number of nitrogens with zero attached hydrogens (tertiary/aromatic N) is 3. The standard InChI is InChI=1S/C24H34N4O3S/c1-15(2)12-25-18(29)13-28-19(30)14-32-21(16-10-8-9-11-17(16)31-7)20-22(24(3,4)5)26-27(6)23(20)28/h8-11,15,21H,12-14H2,1-7H3,(H,25,29)/t21-/m0/s1. The van der Waals surface area contributed by atoms with Crippen molar-refractivity contribution in [3.8, 4) is 5.75 Å². The Labute approximate surface area is 194 Å². The average molecular weight is 459 g/mol. The molecule has 1 aliphatic heterocycles. The number of ether oxygens (including phenoxy) is 1. The first-order valence-corrected chi connectivity index (χ1v) is 12.0. The first kappa shape index (κ1) is 24.2. The number of rotatable bonds is 6. The lowest BCUT2D eigenvalue weighted by Gasteiger charge is -2.25. The van der Waals surface area contributed by atoms with E-state index in [4.69, 9.17) is 9.84 Å². The number of hydrogen-bond donors (Lipinski definition) is 1. The van der Waals surface area contributed by atoms with Gasteiger partial charge in [0.15, 0.2) is 0 Å². The fourth-order valence-electron chi connectivity index (χ4n) is 3.89. The third-order valence-corrected chi connectivity index (χ3v) is 6.62. The number of methoxy groups -OCH3 is 1. The Balaban J connectivity index is 2.15. The summed E-state index contributed by atoms with van der Waals surface area (Å²) in [5, 5.41) is 7.63. The second kappa shape index (κ2) is 9.57. The van der Waals surface area contributed by atoms with Crippen LogP contribution in [-0.2, 0) is 22.1 Å². The first-order chi connectivity index (χ1) is 15.0. The Hall–Kier alpha value is -2.48. The van der Waals surface area contributed by atoms with Gasteiger partial charge in [0.2, 0.25) is 11.8 Å². The van der Waals surface area contributed by atoms with Crippen LogP contribution in [0.5, 0.6) is 5.75 Å². The zero-order valence-electron chi connectivity index (χ0n) is 20.1. The van der Waals surface area contributed by atoms with Gasteiger partial charge in [-0.1, -0.05) is 52.8 Å². The summed E-state index contributed by atoms with van der Waals surface area (Å²) in [4.78, 5) is 27.5. The van der Waals surface area contributed by atoms with Crippen molar-refractivity contribution in [3.63, 3.8) is 0 Å². The van der Waals surface area contributed by atoms with Crippen LogP contribution in [-0.4, -0.2) is 47.5 Å². The lowest BCUT2D eigenvalue weighted by molar-refractivity contribution is -0.123. The van der Waals surface area contributed by atoms with Gasteiger partial charge < -0.3 is 10.1 Å². The summed E-state index contributed by atoms with van der Waals surface area (Å²) >= 11 is 1.55. The first-order valence-electron chi connectivity index (χ1n) is 10.9. The molecule has 7 nitrogen and oxygen atoms in total. The molecule has 0 spiro atoms. The fourth-order valence-corrected chi connectivity index (χ4v) is 5.11. The normalized spacial score (nSPS) is 16.7. The van der Waals surface area contributed by atoms with Crippen molar-refractivity contribution in [2.24, 2.45) is 13.0 Å². The number of carbonyl (C=O) groups is 2. The second-order valence-electron chi connectivity index (χ2n) is 9.57. The number of para-hydroxylation sites is 1. The zero-order valence-corrected chi connectivity index (χ0v) is 20.9. The van der Waals surface area contributed by atoms with Gasteiger partial charge in [-0.05, 0) is 12.0 Å². The molecule has 0 aliphatic carbocycles. The van der Waals surface area contributed by atoms with Crippen molar-refractivity contribution in [1.29, 1.82) is 0 Å². The van der Waals surface area contributed by atoms with Crippen molar-refractivity contribution >= 4 is 29.4 Å². The topological polar surface area (TPSA) is 76.5 Å². The maximum Gasteiger partial charge on any atom is 0.240 e. The summed E-state index contributed by atoms with van der Waals surface area (Å²) < 4.78 is 7.40. The van der Waals surface area contributed by atoms with Gasteiger partial charge in [0.05, 0.1) is 23.8 Å². The lowest BCUT2D eigenvalue weighted by Crippen LogP contribution is -2.43. The molecule has 3 rings (SSSR count). The number of aryl methyl sites for hydroxylation is 1. The summed E-state index contributed by atoms with van der Waals surface area (Å²) in [5.41, 5.74) is 2.64. The number of thioether (sulfide) groups is 1. The molecule has 32 heavy (non-hydrogen) atoms. The molecule has 0 saturated carbocycles. The summed E-state index contributed by atoms with van der Waals surface area (Å²) in [6.07, 6.45) is 0. The molecule has 1 N–H and O–H groups in total. The molecule has 2 aromatic rings. The number of anilines is 1. The molecular formula is C24H34N4O3S. The number of fused-ring (bicyclic) bond motifs is 1. The SMILES string of the molecule is COc1ccccc1[C@@H]1SCC(=O)N(CC(=O)NCC(C)C)c2c1c(C(C)(C)C)nn2C. The smallest absolute Gasteiger partial charge is 0.240 e. The Kier molecular flexibility index (Phi) is 7.22. The highest BCUT2D eigenvalue weighted by Crippen LogP contribution is 2.49. The predicted molar refractivity (Wildman–Crippen MR) is 129 cm³/mol.